The van der Waals surface area contributed by atoms with Gasteiger partial charge < -0.3 is 14.8 Å². The van der Waals surface area contributed by atoms with Crippen molar-refractivity contribution in [3.8, 4) is 5.75 Å². The number of benzene rings is 2. The highest BCUT2D eigenvalue weighted by Gasteiger charge is 2.26. The molecule has 30 heavy (non-hydrogen) atoms. The number of amides is 1. The van der Waals surface area contributed by atoms with Crippen LogP contribution in [0, 0.1) is 17.6 Å². The number of ether oxygens (including phenoxy) is 2. The maximum absolute atomic E-state index is 14.0. The van der Waals surface area contributed by atoms with Crippen molar-refractivity contribution >= 4 is 46.5 Å². The van der Waals surface area contributed by atoms with Crippen LogP contribution in [-0.2, 0) is 14.6 Å². The third kappa shape index (κ3) is 5.42. The van der Waals surface area contributed by atoms with Gasteiger partial charge in [0, 0.05) is 12.7 Å². The summed E-state index contributed by atoms with van der Waals surface area (Å²) in [6, 6.07) is 5.27. The maximum Gasteiger partial charge on any atom is 0.259 e. The van der Waals surface area contributed by atoms with Crippen molar-refractivity contribution in [3.05, 3.63) is 52.6 Å². The first-order valence-electron chi connectivity index (χ1n) is 8.65. The SMILES string of the molecule is COc1ccc(S(=O)(=O)C[C@H]2CCOC2)cc1C(=O)Nc1c(F)cc(F)cc1Cl.S. The van der Waals surface area contributed by atoms with Crippen LogP contribution in [0.5, 0.6) is 5.75 Å². The number of hydrogen-bond donors (Lipinski definition) is 1. The predicted molar refractivity (Wildman–Crippen MR) is 114 cm³/mol. The van der Waals surface area contributed by atoms with Crippen LogP contribution in [0.2, 0.25) is 5.02 Å². The number of halogens is 3. The number of sulfone groups is 1. The molecule has 1 aliphatic rings. The zero-order valence-electron chi connectivity index (χ0n) is 15.9. The average Bonchev–Trinajstić information content (AvgIpc) is 3.16. The minimum absolute atomic E-state index is 0. The quantitative estimate of drug-likeness (QED) is 0.681. The topological polar surface area (TPSA) is 81.7 Å². The Hall–Kier alpha value is -1.88. The summed E-state index contributed by atoms with van der Waals surface area (Å²) in [6.07, 6.45) is 0.644. The Balaban J connectivity index is 0.00000320. The third-order valence-corrected chi connectivity index (χ3v) is 6.68. The van der Waals surface area contributed by atoms with Gasteiger partial charge in [0.1, 0.15) is 11.6 Å². The van der Waals surface area contributed by atoms with E-state index in [1.54, 1.807) is 0 Å². The standard InChI is InChI=1S/C19H18ClF2NO5S.H2S/c1-27-17-3-2-13(29(25,26)10-11-4-5-28-9-11)8-14(17)19(24)23-18-15(20)6-12(21)7-16(18)22;/h2-3,6-8,11H,4-5,9-10H2,1H3,(H,23,24);1H2/t11-;/m0./s1. The third-order valence-electron chi connectivity index (χ3n) is 4.50. The van der Waals surface area contributed by atoms with Crippen molar-refractivity contribution in [3.63, 3.8) is 0 Å². The smallest absolute Gasteiger partial charge is 0.259 e. The summed E-state index contributed by atoms with van der Waals surface area (Å²) in [5.41, 5.74) is -0.549. The summed E-state index contributed by atoms with van der Waals surface area (Å²) in [5, 5.41) is 1.91. The van der Waals surface area contributed by atoms with Crippen molar-refractivity contribution < 1.29 is 31.5 Å². The van der Waals surface area contributed by atoms with E-state index in [4.69, 9.17) is 21.1 Å². The monoisotopic (exact) mass is 479 g/mol. The molecule has 1 N–H and O–H groups in total. The molecule has 3 rings (SSSR count). The Morgan fingerprint density at radius 3 is 2.63 bits per heavy atom. The molecule has 2 aromatic carbocycles. The second kappa shape index (κ2) is 9.95. The minimum Gasteiger partial charge on any atom is -0.496 e. The molecule has 1 amide bonds. The highest BCUT2D eigenvalue weighted by atomic mass is 35.5. The molecular formula is C19H20ClF2NO5S2. The van der Waals surface area contributed by atoms with E-state index in [1.807, 2.05) is 0 Å². The number of carbonyl (C=O) groups is 1. The van der Waals surface area contributed by atoms with Gasteiger partial charge >= 0.3 is 0 Å². The highest BCUT2D eigenvalue weighted by Crippen LogP contribution is 2.30. The van der Waals surface area contributed by atoms with Gasteiger partial charge in [-0.2, -0.15) is 13.5 Å². The molecular weight excluding hydrogens is 460 g/mol. The molecule has 1 atom stereocenters. The first-order valence-corrected chi connectivity index (χ1v) is 10.7. The van der Waals surface area contributed by atoms with Gasteiger partial charge in [0.05, 0.1) is 40.6 Å². The lowest BCUT2D eigenvalue weighted by atomic mass is 10.1. The lowest BCUT2D eigenvalue weighted by Crippen LogP contribution is -2.19. The fraction of sp³-hybridized carbons (Fsp3) is 0.316. The predicted octanol–water partition coefficient (Wildman–Crippen LogP) is 3.80. The molecule has 1 aliphatic heterocycles. The molecule has 0 radical (unpaired) electrons. The zero-order valence-corrected chi connectivity index (χ0v) is 18.4. The molecule has 11 heteroatoms. The molecule has 1 fully saturated rings. The first kappa shape index (κ1) is 24.4. The summed E-state index contributed by atoms with van der Waals surface area (Å²) in [7, 11) is -2.38. The van der Waals surface area contributed by atoms with Crippen LogP contribution in [-0.4, -0.2) is 40.4 Å². The van der Waals surface area contributed by atoms with Crippen molar-refractivity contribution in [2.45, 2.75) is 11.3 Å². The second-order valence-corrected chi connectivity index (χ2v) is 9.01. The maximum atomic E-state index is 14.0. The zero-order chi connectivity index (χ0) is 21.2. The van der Waals surface area contributed by atoms with Crippen LogP contribution < -0.4 is 10.1 Å². The van der Waals surface area contributed by atoms with E-state index in [-0.39, 0.29) is 46.4 Å². The van der Waals surface area contributed by atoms with E-state index in [2.05, 4.69) is 5.32 Å². The van der Waals surface area contributed by atoms with Crippen LogP contribution in [0.15, 0.2) is 35.2 Å². The van der Waals surface area contributed by atoms with Gasteiger partial charge in [-0.1, -0.05) is 11.6 Å². The number of hydrogen-bond acceptors (Lipinski definition) is 5. The summed E-state index contributed by atoms with van der Waals surface area (Å²) in [4.78, 5) is 12.6. The molecule has 6 nitrogen and oxygen atoms in total. The molecule has 0 bridgehead atoms. The molecule has 1 heterocycles. The minimum atomic E-state index is -3.68. The highest BCUT2D eigenvalue weighted by molar-refractivity contribution is 7.91. The van der Waals surface area contributed by atoms with E-state index in [0.717, 1.165) is 12.1 Å². The lowest BCUT2D eigenvalue weighted by molar-refractivity contribution is 0.102. The van der Waals surface area contributed by atoms with Crippen molar-refractivity contribution in [2.75, 3.05) is 31.4 Å². The van der Waals surface area contributed by atoms with Crippen LogP contribution in [0.25, 0.3) is 0 Å². The molecule has 164 valence electrons. The number of methoxy groups -OCH3 is 1. The van der Waals surface area contributed by atoms with E-state index in [1.165, 1.54) is 19.2 Å². The van der Waals surface area contributed by atoms with Gasteiger partial charge in [0.15, 0.2) is 15.7 Å². The molecule has 0 aliphatic carbocycles. The van der Waals surface area contributed by atoms with Gasteiger partial charge in [-0.15, -0.1) is 0 Å². The van der Waals surface area contributed by atoms with Gasteiger partial charge in [-0.25, -0.2) is 17.2 Å². The molecule has 0 unspecified atom stereocenters. The lowest BCUT2D eigenvalue weighted by Gasteiger charge is -2.14. The summed E-state index contributed by atoms with van der Waals surface area (Å²) in [5.74, 6) is -2.95. The Bertz CT molecular complexity index is 1020. The van der Waals surface area contributed by atoms with E-state index < -0.39 is 33.1 Å². The van der Waals surface area contributed by atoms with Crippen LogP contribution in [0.1, 0.15) is 16.8 Å². The number of rotatable bonds is 6. The largest absolute Gasteiger partial charge is 0.496 e. The first-order chi connectivity index (χ1) is 13.7. The number of carbonyl (C=O) groups excluding carboxylic acids is 1. The van der Waals surface area contributed by atoms with Gasteiger partial charge in [0.2, 0.25) is 0 Å². The van der Waals surface area contributed by atoms with Crippen molar-refractivity contribution in [1.82, 2.24) is 0 Å². The molecule has 0 aromatic heterocycles. The van der Waals surface area contributed by atoms with E-state index >= 15 is 0 Å². The normalized spacial score (nSPS) is 16.1. The molecule has 1 saturated heterocycles. The van der Waals surface area contributed by atoms with Crippen molar-refractivity contribution in [2.24, 2.45) is 5.92 Å². The van der Waals surface area contributed by atoms with E-state index in [9.17, 15) is 22.0 Å². The Labute approximate surface area is 184 Å². The Morgan fingerprint density at radius 2 is 2.03 bits per heavy atom. The fourth-order valence-electron chi connectivity index (χ4n) is 3.02. The molecule has 0 spiro atoms. The summed E-state index contributed by atoms with van der Waals surface area (Å²) in [6.45, 7) is 0.880. The van der Waals surface area contributed by atoms with E-state index in [0.29, 0.717) is 25.7 Å². The Morgan fingerprint density at radius 1 is 1.30 bits per heavy atom. The number of nitrogens with one attached hydrogen (secondary N) is 1. The number of anilines is 1. The average molecular weight is 480 g/mol. The van der Waals surface area contributed by atoms with Crippen LogP contribution in [0.3, 0.4) is 0 Å². The van der Waals surface area contributed by atoms with Gasteiger partial charge in [-0.3, -0.25) is 4.79 Å². The van der Waals surface area contributed by atoms with Crippen molar-refractivity contribution in [1.29, 1.82) is 0 Å². The molecule has 2 aromatic rings. The second-order valence-electron chi connectivity index (χ2n) is 6.57. The summed E-state index contributed by atoms with van der Waals surface area (Å²) >= 11 is 5.81. The van der Waals surface area contributed by atoms with Gasteiger partial charge in [0.25, 0.3) is 5.91 Å². The van der Waals surface area contributed by atoms with Crippen LogP contribution in [0.4, 0.5) is 14.5 Å². The van der Waals surface area contributed by atoms with Crippen LogP contribution >= 0.6 is 25.1 Å². The Kier molecular flexibility index (Phi) is 8.09. The summed E-state index contributed by atoms with van der Waals surface area (Å²) < 4.78 is 63.0. The van der Waals surface area contributed by atoms with Gasteiger partial charge in [-0.05, 0) is 36.6 Å². The molecule has 0 saturated carbocycles. The fourth-order valence-corrected chi connectivity index (χ4v) is 4.91.